The number of methoxy groups -OCH3 is 1. The second-order valence-electron chi connectivity index (χ2n) is 2.82. The predicted octanol–water partition coefficient (Wildman–Crippen LogP) is 1.53. The van der Waals surface area contributed by atoms with E-state index in [1.807, 2.05) is 6.07 Å². The Morgan fingerprint density at radius 3 is 2.93 bits per heavy atom. The van der Waals surface area contributed by atoms with Crippen molar-refractivity contribution in [3.63, 3.8) is 0 Å². The highest BCUT2D eigenvalue weighted by Crippen LogP contribution is 2.20. The van der Waals surface area contributed by atoms with Crippen LogP contribution in [0.2, 0.25) is 0 Å². The lowest BCUT2D eigenvalue weighted by Gasteiger charge is -2.04. The molecule has 1 rings (SSSR count). The lowest BCUT2D eigenvalue weighted by atomic mass is 10.3. The monoisotopic (exact) mass is 207 g/mol. The maximum atomic E-state index is 10.7. The third kappa shape index (κ3) is 3.72. The van der Waals surface area contributed by atoms with E-state index in [9.17, 15) is 9.90 Å². The Bertz CT molecular complexity index is 361. The van der Waals surface area contributed by atoms with E-state index in [0.29, 0.717) is 12.2 Å². The van der Waals surface area contributed by atoms with Crippen LogP contribution in [0, 0.1) is 0 Å². The van der Waals surface area contributed by atoms with Crippen LogP contribution in [0.15, 0.2) is 36.4 Å². The molecule has 2 N–H and O–H groups in total. The van der Waals surface area contributed by atoms with Gasteiger partial charge < -0.3 is 15.2 Å². The minimum absolute atomic E-state index is 0.184. The largest absolute Gasteiger partial charge is 0.506 e. The average Bonchev–Trinajstić information content (AvgIpc) is 2.26. The number of phenolic OH excluding ortho intramolecular Hbond substituents is 1. The van der Waals surface area contributed by atoms with Gasteiger partial charge in [-0.1, -0.05) is 18.2 Å². The second-order valence-corrected chi connectivity index (χ2v) is 2.82. The third-order valence-corrected chi connectivity index (χ3v) is 1.77. The smallest absolute Gasteiger partial charge is 0.330 e. The fraction of sp³-hybridized carbons (Fsp3) is 0.182. The Kier molecular flexibility index (Phi) is 4.22. The molecular formula is C11H13NO3. The van der Waals surface area contributed by atoms with E-state index in [4.69, 9.17) is 0 Å². The molecule has 0 aliphatic carbocycles. The van der Waals surface area contributed by atoms with Crippen LogP contribution in [0.1, 0.15) is 0 Å². The minimum Gasteiger partial charge on any atom is -0.506 e. The lowest BCUT2D eigenvalue weighted by molar-refractivity contribution is -0.134. The first-order valence-corrected chi connectivity index (χ1v) is 4.50. The van der Waals surface area contributed by atoms with Crippen molar-refractivity contribution < 1.29 is 14.6 Å². The molecule has 4 heteroatoms. The second kappa shape index (κ2) is 5.70. The number of rotatable bonds is 4. The van der Waals surface area contributed by atoms with Crippen molar-refractivity contribution in [2.75, 3.05) is 19.0 Å². The number of para-hydroxylation sites is 2. The van der Waals surface area contributed by atoms with Gasteiger partial charge in [0.2, 0.25) is 0 Å². The summed E-state index contributed by atoms with van der Waals surface area (Å²) in [5.74, 6) is -0.210. The molecule has 0 saturated carbocycles. The van der Waals surface area contributed by atoms with Gasteiger partial charge in [-0.3, -0.25) is 0 Å². The molecule has 0 unspecified atom stereocenters. The van der Waals surface area contributed by atoms with Crippen molar-refractivity contribution in [3.05, 3.63) is 36.4 Å². The molecule has 0 aliphatic heterocycles. The Balaban J connectivity index is 2.41. The number of carbonyl (C=O) groups is 1. The van der Waals surface area contributed by atoms with Crippen LogP contribution in [0.4, 0.5) is 5.69 Å². The van der Waals surface area contributed by atoms with Crippen molar-refractivity contribution in [2.45, 2.75) is 0 Å². The Morgan fingerprint density at radius 2 is 2.27 bits per heavy atom. The van der Waals surface area contributed by atoms with E-state index in [1.165, 1.54) is 13.2 Å². The van der Waals surface area contributed by atoms with Gasteiger partial charge in [0.15, 0.2) is 0 Å². The van der Waals surface area contributed by atoms with E-state index in [-0.39, 0.29) is 5.75 Å². The number of aromatic hydroxyl groups is 1. The molecule has 0 spiro atoms. The highest BCUT2D eigenvalue weighted by molar-refractivity contribution is 5.81. The summed E-state index contributed by atoms with van der Waals surface area (Å²) >= 11 is 0. The summed E-state index contributed by atoms with van der Waals surface area (Å²) in [4.78, 5) is 10.7. The summed E-state index contributed by atoms with van der Waals surface area (Å²) in [6, 6.07) is 6.89. The molecule has 80 valence electrons. The van der Waals surface area contributed by atoms with Crippen LogP contribution in [0.5, 0.6) is 5.75 Å². The summed E-state index contributed by atoms with van der Waals surface area (Å²) in [7, 11) is 1.32. The first-order chi connectivity index (χ1) is 7.24. The summed E-state index contributed by atoms with van der Waals surface area (Å²) in [5, 5.41) is 12.3. The van der Waals surface area contributed by atoms with Gasteiger partial charge in [0.25, 0.3) is 0 Å². The molecule has 1 aromatic rings. The SMILES string of the molecule is COC(=O)C=CCNc1ccccc1O. The zero-order valence-electron chi connectivity index (χ0n) is 8.43. The van der Waals surface area contributed by atoms with Crippen molar-refractivity contribution in [1.82, 2.24) is 0 Å². The summed E-state index contributed by atoms with van der Waals surface area (Å²) in [6.07, 6.45) is 2.95. The summed E-state index contributed by atoms with van der Waals surface area (Å²) in [5.41, 5.74) is 0.631. The number of carbonyl (C=O) groups excluding carboxylic acids is 1. The Morgan fingerprint density at radius 1 is 1.53 bits per heavy atom. The quantitative estimate of drug-likeness (QED) is 0.446. The molecule has 1 aromatic carbocycles. The van der Waals surface area contributed by atoms with Crippen molar-refractivity contribution >= 4 is 11.7 Å². The highest BCUT2D eigenvalue weighted by Gasteiger charge is 1.96. The number of esters is 1. The number of benzene rings is 1. The third-order valence-electron chi connectivity index (χ3n) is 1.77. The van der Waals surface area contributed by atoms with Crippen molar-refractivity contribution in [3.8, 4) is 5.75 Å². The number of hydrogen-bond donors (Lipinski definition) is 2. The number of ether oxygens (including phenoxy) is 1. The molecule has 0 bridgehead atoms. The van der Waals surface area contributed by atoms with Gasteiger partial charge in [0.05, 0.1) is 12.8 Å². The van der Waals surface area contributed by atoms with E-state index >= 15 is 0 Å². The molecule has 15 heavy (non-hydrogen) atoms. The molecule has 0 atom stereocenters. The highest BCUT2D eigenvalue weighted by atomic mass is 16.5. The Labute approximate surface area is 88.2 Å². The summed E-state index contributed by atoms with van der Waals surface area (Å²) in [6.45, 7) is 0.451. The van der Waals surface area contributed by atoms with Gasteiger partial charge in [-0.05, 0) is 12.1 Å². The normalized spacial score (nSPS) is 10.2. The van der Waals surface area contributed by atoms with Crippen LogP contribution in [-0.4, -0.2) is 24.7 Å². The number of nitrogens with one attached hydrogen (secondary N) is 1. The van der Waals surface area contributed by atoms with Crippen molar-refractivity contribution in [1.29, 1.82) is 0 Å². The Hall–Kier alpha value is -1.97. The minimum atomic E-state index is -0.394. The molecular weight excluding hydrogens is 194 g/mol. The van der Waals surface area contributed by atoms with E-state index in [0.717, 1.165) is 0 Å². The molecule has 0 aromatic heterocycles. The standard InChI is InChI=1S/C11H13NO3/c1-15-11(14)7-4-8-12-9-5-2-3-6-10(9)13/h2-7,12-13H,8H2,1H3. The molecule has 0 radical (unpaired) electrons. The van der Waals surface area contributed by atoms with Crippen LogP contribution >= 0.6 is 0 Å². The number of hydrogen-bond acceptors (Lipinski definition) is 4. The maximum Gasteiger partial charge on any atom is 0.330 e. The first kappa shape index (κ1) is 11.1. The molecule has 4 nitrogen and oxygen atoms in total. The summed E-state index contributed by atoms with van der Waals surface area (Å²) < 4.78 is 4.42. The van der Waals surface area contributed by atoms with Crippen molar-refractivity contribution in [2.24, 2.45) is 0 Å². The lowest BCUT2D eigenvalue weighted by Crippen LogP contribution is -2.00. The maximum absolute atomic E-state index is 10.7. The van der Waals surface area contributed by atoms with E-state index < -0.39 is 5.97 Å². The fourth-order valence-corrected chi connectivity index (χ4v) is 1.02. The molecule has 0 fully saturated rings. The van der Waals surface area contributed by atoms with E-state index in [2.05, 4.69) is 10.1 Å². The van der Waals surface area contributed by atoms with Crippen LogP contribution in [0.25, 0.3) is 0 Å². The first-order valence-electron chi connectivity index (χ1n) is 4.50. The predicted molar refractivity (Wildman–Crippen MR) is 57.8 cm³/mol. The van der Waals surface area contributed by atoms with Crippen LogP contribution in [-0.2, 0) is 9.53 Å². The van der Waals surface area contributed by atoms with Gasteiger partial charge in [0.1, 0.15) is 5.75 Å². The van der Waals surface area contributed by atoms with Crippen LogP contribution in [0.3, 0.4) is 0 Å². The number of anilines is 1. The van der Waals surface area contributed by atoms with E-state index in [1.54, 1.807) is 24.3 Å². The molecule has 0 saturated heterocycles. The fourth-order valence-electron chi connectivity index (χ4n) is 1.02. The molecule has 0 amide bonds. The van der Waals surface area contributed by atoms with Gasteiger partial charge in [-0.15, -0.1) is 0 Å². The van der Waals surface area contributed by atoms with Gasteiger partial charge in [-0.25, -0.2) is 4.79 Å². The molecule has 0 heterocycles. The van der Waals surface area contributed by atoms with Gasteiger partial charge >= 0.3 is 5.97 Å². The van der Waals surface area contributed by atoms with Gasteiger partial charge in [-0.2, -0.15) is 0 Å². The topological polar surface area (TPSA) is 58.6 Å². The molecule has 0 aliphatic rings. The van der Waals surface area contributed by atoms with Crippen LogP contribution < -0.4 is 5.32 Å². The van der Waals surface area contributed by atoms with Gasteiger partial charge in [0, 0.05) is 12.6 Å². The zero-order chi connectivity index (χ0) is 11.1. The number of phenols is 1. The average molecular weight is 207 g/mol. The zero-order valence-corrected chi connectivity index (χ0v) is 8.43.